The Labute approximate surface area is 181 Å². The number of nitrogens with zero attached hydrogens (tertiary/aromatic N) is 3. The van der Waals surface area contributed by atoms with Crippen molar-refractivity contribution in [1.29, 1.82) is 0 Å². The fourth-order valence-electron chi connectivity index (χ4n) is 3.76. The van der Waals surface area contributed by atoms with Gasteiger partial charge in [-0.2, -0.15) is 0 Å². The van der Waals surface area contributed by atoms with Crippen molar-refractivity contribution < 1.29 is 9.53 Å². The first-order valence-electron chi connectivity index (χ1n) is 10.3. The quantitative estimate of drug-likeness (QED) is 0.634. The van der Waals surface area contributed by atoms with Crippen LogP contribution in [0.1, 0.15) is 25.3 Å². The van der Waals surface area contributed by atoms with E-state index in [4.69, 9.17) is 21.3 Å². The molecule has 1 fully saturated rings. The zero-order valence-electron chi connectivity index (χ0n) is 17.2. The van der Waals surface area contributed by atoms with Crippen molar-refractivity contribution in [2.75, 3.05) is 29.9 Å². The van der Waals surface area contributed by atoms with Crippen LogP contribution in [0.2, 0.25) is 5.02 Å². The highest BCUT2D eigenvalue weighted by atomic mass is 35.5. The molecule has 0 radical (unpaired) electrons. The zero-order valence-corrected chi connectivity index (χ0v) is 17.9. The van der Waals surface area contributed by atoms with E-state index in [0.717, 1.165) is 41.7 Å². The SMILES string of the molecule is CCOc1nc2ccccc2nc1N1CCC[C@H](C(=O)Nc2cc(Cl)ccc2C)C1. The van der Waals surface area contributed by atoms with E-state index in [-0.39, 0.29) is 11.8 Å². The molecule has 6 nitrogen and oxygen atoms in total. The topological polar surface area (TPSA) is 67.4 Å². The van der Waals surface area contributed by atoms with Crippen LogP contribution in [0.5, 0.6) is 5.88 Å². The highest BCUT2D eigenvalue weighted by Gasteiger charge is 2.29. The number of fused-ring (bicyclic) bond motifs is 1. The molecule has 4 rings (SSSR count). The second kappa shape index (κ2) is 8.88. The zero-order chi connectivity index (χ0) is 21.1. The lowest BCUT2D eigenvalue weighted by molar-refractivity contribution is -0.120. The van der Waals surface area contributed by atoms with E-state index in [9.17, 15) is 4.79 Å². The summed E-state index contributed by atoms with van der Waals surface area (Å²) in [6.07, 6.45) is 1.72. The van der Waals surface area contributed by atoms with Gasteiger partial charge in [-0.25, -0.2) is 9.97 Å². The van der Waals surface area contributed by atoms with Crippen LogP contribution in [-0.4, -0.2) is 35.6 Å². The number of nitrogens with one attached hydrogen (secondary N) is 1. The molecule has 0 spiro atoms. The molecule has 3 aromatic rings. The highest BCUT2D eigenvalue weighted by Crippen LogP contribution is 2.31. The number of aromatic nitrogens is 2. The van der Waals surface area contributed by atoms with Gasteiger partial charge in [0, 0.05) is 23.8 Å². The van der Waals surface area contributed by atoms with Crippen LogP contribution in [0.4, 0.5) is 11.5 Å². The standard InChI is InChI=1S/C23H25ClN4O2/c1-3-30-23-21(25-18-8-4-5-9-19(18)27-23)28-12-6-7-16(14-28)22(29)26-20-13-17(24)11-10-15(20)2/h4-5,8-11,13,16H,3,6-7,12,14H2,1-2H3,(H,26,29)/t16-/m0/s1. The maximum atomic E-state index is 13.0. The maximum absolute atomic E-state index is 13.0. The molecule has 2 heterocycles. The van der Waals surface area contributed by atoms with Crippen LogP contribution in [-0.2, 0) is 4.79 Å². The monoisotopic (exact) mass is 424 g/mol. The molecule has 156 valence electrons. The van der Waals surface area contributed by atoms with Gasteiger partial charge in [0.2, 0.25) is 5.91 Å². The van der Waals surface area contributed by atoms with Crippen LogP contribution in [0.25, 0.3) is 11.0 Å². The second-order valence-corrected chi connectivity index (χ2v) is 7.94. The molecular formula is C23H25ClN4O2. The summed E-state index contributed by atoms with van der Waals surface area (Å²) < 4.78 is 5.79. The van der Waals surface area contributed by atoms with Crippen molar-refractivity contribution in [2.24, 2.45) is 5.92 Å². The molecule has 1 aromatic heterocycles. The fourth-order valence-corrected chi connectivity index (χ4v) is 3.93. The number of hydrogen-bond acceptors (Lipinski definition) is 5. The minimum Gasteiger partial charge on any atom is -0.475 e. The molecule has 0 saturated carbocycles. The van der Waals surface area contributed by atoms with Gasteiger partial charge in [0.05, 0.1) is 23.6 Å². The number of aryl methyl sites for hydroxylation is 1. The van der Waals surface area contributed by atoms with Gasteiger partial charge in [0.1, 0.15) is 0 Å². The molecular weight excluding hydrogens is 400 g/mol. The van der Waals surface area contributed by atoms with E-state index in [2.05, 4.69) is 15.2 Å². The molecule has 30 heavy (non-hydrogen) atoms. The first kappa shape index (κ1) is 20.4. The Bertz CT molecular complexity index is 1070. The van der Waals surface area contributed by atoms with Gasteiger partial charge >= 0.3 is 0 Å². The number of rotatable bonds is 5. The van der Waals surface area contributed by atoms with E-state index in [1.54, 1.807) is 6.07 Å². The summed E-state index contributed by atoms with van der Waals surface area (Å²) in [5.74, 6) is 1.06. The van der Waals surface area contributed by atoms with Crippen LogP contribution in [0, 0.1) is 12.8 Å². The van der Waals surface area contributed by atoms with E-state index in [1.165, 1.54) is 0 Å². The van der Waals surface area contributed by atoms with E-state index >= 15 is 0 Å². The van der Waals surface area contributed by atoms with Crippen molar-refractivity contribution in [1.82, 2.24) is 9.97 Å². The van der Waals surface area contributed by atoms with Gasteiger partial charge in [-0.15, -0.1) is 0 Å². The third kappa shape index (κ3) is 4.33. The predicted molar refractivity (Wildman–Crippen MR) is 120 cm³/mol. The lowest BCUT2D eigenvalue weighted by Gasteiger charge is -2.33. The number of hydrogen-bond donors (Lipinski definition) is 1. The summed E-state index contributed by atoms with van der Waals surface area (Å²) in [7, 11) is 0. The minimum absolute atomic E-state index is 0.00299. The van der Waals surface area contributed by atoms with Crippen molar-refractivity contribution in [3.63, 3.8) is 0 Å². The lowest BCUT2D eigenvalue weighted by Crippen LogP contribution is -2.41. The van der Waals surface area contributed by atoms with Gasteiger partial charge in [-0.05, 0) is 56.5 Å². The van der Waals surface area contributed by atoms with Gasteiger partial charge in [-0.1, -0.05) is 29.8 Å². The smallest absolute Gasteiger partial charge is 0.258 e. The minimum atomic E-state index is -0.153. The van der Waals surface area contributed by atoms with Crippen molar-refractivity contribution in [3.8, 4) is 5.88 Å². The largest absolute Gasteiger partial charge is 0.475 e. The predicted octanol–water partition coefficient (Wildman–Crippen LogP) is 4.85. The van der Waals surface area contributed by atoms with Gasteiger partial charge in [-0.3, -0.25) is 4.79 Å². The number of halogens is 1. The highest BCUT2D eigenvalue weighted by molar-refractivity contribution is 6.31. The number of para-hydroxylation sites is 2. The second-order valence-electron chi connectivity index (χ2n) is 7.51. The third-order valence-electron chi connectivity index (χ3n) is 5.35. The molecule has 1 N–H and O–H groups in total. The van der Waals surface area contributed by atoms with Crippen molar-refractivity contribution >= 4 is 40.0 Å². The molecule has 1 aliphatic rings. The Morgan fingerprint density at radius 3 is 2.77 bits per heavy atom. The molecule has 1 atom stereocenters. The van der Waals surface area contributed by atoms with E-state index < -0.39 is 0 Å². The van der Waals surface area contributed by atoms with Crippen LogP contribution in [0.15, 0.2) is 42.5 Å². The normalized spacial score (nSPS) is 16.5. The Morgan fingerprint density at radius 1 is 1.23 bits per heavy atom. The Kier molecular flexibility index (Phi) is 6.04. The molecule has 0 bridgehead atoms. The van der Waals surface area contributed by atoms with Gasteiger partial charge in [0.15, 0.2) is 5.82 Å². The fraction of sp³-hybridized carbons (Fsp3) is 0.348. The average molecular weight is 425 g/mol. The number of carbonyl (C=O) groups excluding carboxylic acids is 1. The van der Waals surface area contributed by atoms with Gasteiger partial charge < -0.3 is 15.0 Å². The van der Waals surface area contributed by atoms with Crippen molar-refractivity contribution in [2.45, 2.75) is 26.7 Å². The first-order valence-corrected chi connectivity index (χ1v) is 10.6. The molecule has 7 heteroatoms. The molecule has 1 amide bonds. The summed E-state index contributed by atoms with van der Waals surface area (Å²) in [5, 5.41) is 3.65. The summed E-state index contributed by atoms with van der Waals surface area (Å²) >= 11 is 6.10. The maximum Gasteiger partial charge on any atom is 0.258 e. The number of anilines is 2. The molecule has 0 unspecified atom stereocenters. The van der Waals surface area contributed by atoms with Crippen LogP contribution in [0.3, 0.4) is 0 Å². The Hall–Kier alpha value is -2.86. The molecule has 1 saturated heterocycles. The first-order chi connectivity index (χ1) is 14.5. The number of benzene rings is 2. The van der Waals surface area contributed by atoms with Crippen LogP contribution < -0.4 is 15.0 Å². The molecule has 1 aliphatic heterocycles. The number of amides is 1. The van der Waals surface area contributed by atoms with E-state index in [0.29, 0.717) is 29.9 Å². The van der Waals surface area contributed by atoms with Crippen LogP contribution >= 0.6 is 11.6 Å². The van der Waals surface area contributed by atoms with E-state index in [1.807, 2.05) is 50.2 Å². The Balaban J connectivity index is 1.57. The average Bonchev–Trinajstić information content (AvgIpc) is 2.76. The summed E-state index contributed by atoms with van der Waals surface area (Å²) in [6.45, 7) is 5.77. The summed E-state index contributed by atoms with van der Waals surface area (Å²) in [4.78, 5) is 24.6. The molecule has 0 aliphatic carbocycles. The van der Waals surface area contributed by atoms with Gasteiger partial charge in [0.25, 0.3) is 5.88 Å². The van der Waals surface area contributed by atoms with Crippen molar-refractivity contribution in [3.05, 3.63) is 53.1 Å². The Morgan fingerprint density at radius 2 is 2.00 bits per heavy atom. The summed E-state index contributed by atoms with van der Waals surface area (Å²) in [6, 6.07) is 13.3. The number of carbonyl (C=O) groups is 1. The third-order valence-corrected chi connectivity index (χ3v) is 5.59. The number of ether oxygens (including phenoxy) is 1. The summed E-state index contributed by atoms with van der Waals surface area (Å²) in [5.41, 5.74) is 3.36. The lowest BCUT2D eigenvalue weighted by atomic mass is 9.97. The number of piperidine rings is 1. The molecule has 2 aromatic carbocycles.